The summed E-state index contributed by atoms with van der Waals surface area (Å²) in [6.45, 7) is 0. The standard InChI is InChI=1S/C39H24N6O/c1-2-4-33-32(3-1)35-34(14-11-27-19-24-46-36(27)35)45(33)31-12-9-29(10-13-31)38-42-37(43-39(44-38)30-17-22-41-23-18-30)28-7-5-25(6-8-28)26-15-20-40-21-16-26/h1-24H. The van der Waals surface area contributed by atoms with Gasteiger partial charge >= 0.3 is 0 Å². The van der Waals surface area contributed by atoms with Crippen LogP contribution in [0.3, 0.4) is 0 Å². The zero-order chi connectivity index (χ0) is 30.5. The van der Waals surface area contributed by atoms with E-state index < -0.39 is 0 Å². The Balaban J connectivity index is 1.15. The Labute approximate surface area is 263 Å². The average Bonchev–Trinajstić information content (AvgIpc) is 3.75. The minimum Gasteiger partial charge on any atom is -0.464 e. The molecule has 5 aromatic heterocycles. The average molecular weight is 593 g/mol. The van der Waals surface area contributed by atoms with Crippen LogP contribution in [-0.4, -0.2) is 29.5 Å². The predicted molar refractivity (Wildman–Crippen MR) is 181 cm³/mol. The van der Waals surface area contributed by atoms with Crippen molar-refractivity contribution in [3.63, 3.8) is 0 Å². The molecule has 0 unspecified atom stereocenters. The molecular formula is C39H24N6O. The lowest BCUT2D eigenvalue weighted by atomic mass is 10.0. The fraction of sp³-hybridized carbons (Fsp3) is 0. The number of pyridine rings is 2. The van der Waals surface area contributed by atoms with Crippen molar-refractivity contribution in [3.05, 3.63) is 146 Å². The van der Waals surface area contributed by atoms with Gasteiger partial charge in [0.2, 0.25) is 0 Å². The third kappa shape index (κ3) is 4.33. The first-order chi connectivity index (χ1) is 22.8. The molecule has 4 aromatic carbocycles. The van der Waals surface area contributed by atoms with Crippen LogP contribution in [0.5, 0.6) is 0 Å². The Morgan fingerprint density at radius 2 is 1.00 bits per heavy atom. The molecule has 0 fully saturated rings. The summed E-state index contributed by atoms with van der Waals surface area (Å²) in [5.41, 5.74) is 9.03. The molecule has 0 aliphatic rings. The van der Waals surface area contributed by atoms with Crippen LogP contribution in [-0.2, 0) is 0 Å². The molecule has 0 saturated heterocycles. The van der Waals surface area contributed by atoms with Crippen molar-refractivity contribution in [2.24, 2.45) is 0 Å². The van der Waals surface area contributed by atoms with Crippen LogP contribution in [0.4, 0.5) is 0 Å². The van der Waals surface area contributed by atoms with E-state index in [0.29, 0.717) is 17.5 Å². The highest BCUT2D eigenvalue weighted by molar-refractivity contribution is 6.19. The van der Waals surface area contributed by atoms with Gasteiger partial charge in [0.1, 0.15) is 5.58 Å². The lowest BCUT2D eigenvalue weighted by Crippen LogP contribution is -2.00. The van der Waals surface area contributed by atoms with Crippen LogP contribution in [0.1, 0.15) is 0 Å². The molecule has 0 radical (unpaired) electrons. The van der Waals surface area contributed by atoms with Gasteiger partial charge in [-0.2, -0.15) is 0 Å². The fourth-order valence-corrected chi connectivity index (χ4v) is 6.14. The number of furan rings is 1. The lowest BCUT2D eigenvalue weighted by Gasteiger charge is -2.11. The summed E-state index contributed by atoms with van der Waals surface area (Å²) in [5.74, 6) is 1.79. The summed E-state index contributed by atoms with van der Waals surface area (Å²) in [4.78, 5) is 23.0. The van der Waals surface area contributed by atoms with Crippen molar-refractivity contribution in [2.75, 3.05) is 0 Å². The van der Waals surface area contributed by atoms with E-state index in [1.54, 1.807) is 31.1 Å². The number of aromatic nitrogens is 6. The van der Waals surface area contributed by atoms with Gasteiger partial charge in [0.25, 0.3) is 0 Å². The summed E-state index contributed by atoms with van der Waals surface area (Å²) < 4.78 is 8.23. The quantitative estimate of drug-likeness (QED) is 0.198. The minimum absolute atomic E-state index is 0.592. The summed E-state index contributed by atoms with van der Waals surface area (Å²) in [6, 6.07) is 39.2. The van der Waals surface area contributed by atoms with Crippen molar-refractivity contribution in [3.8, 4) is 51.0 Å². The Morgan fingerprint density at radius 1 is 0.457 bits per heavy atom. The van der Waals surface area contributed by atoms with E-state index in [1.807, 2.05) is 42.5 Å². The number of fused-ring (bicyclic) bond motifs is 5. The summed E-state index contributed by atoms with van der Waals surface area (Å²) in [6.07, 6.45) is 8.85. The highest BCUT2D eigenvalue weighted by atomic mass is 16.3. The Kier molecular flexibility index (Phi) is 5.99. The molecule has 0 aliphatic carbocycles. The molecule has 0 atom stereocenters. The van der Waals surface area contributed by atoms with E-state index in [1.165, 1.54) is 0 Å². The van der Waals surface area contributed by atoms with E-state index in [2.05, 4.69) is 87.3 Å². The van der Waals surface area contributed by atoms with E-state index in [-0.39, 0.29) is 0 Å². The van der Waals surface area contributed by atoms with Gasteiger partial charge in [0.05, 0.1) is 22.7 Å². The van der Waals surface area contributed by atoms with Crippen molar-refractivity contribution >= 4 is 32.8 Å². The number of para-hydroxylation sites is 1. The molecular weight excluding hydrogens is 568 g/mol. The molecule has 0 amide bonds. The lowest BCUT2D eigenvalue weighted by molar-refractivity contribution is 0.619. The molecule has 0 aliphatic heterocycles. The molecule has 0 spiro atoms. The molecule has 0 N–H and O–H groups in total. The largest absolute Gasteiger partial charge is 0.464 e. The maximum absolute atomic E-state index is 5.95. The highest BCUT2D eigenvalue weighted by Gasteiger charge is 2.17. The molecule has 7 nitrogen and oxygen atoms in total. The van der Waals surface area contributed by atoms with Crippen LogP contribution >= 0.6 is 0 Å². The first-order valence-electron chi connectivity index (χ1n) is 15.0. The second-order valence-corrected chi connectivity index (χ2v) is 11.1. The van der Waals surface area contributed by atoms with Gasteiger partial charge in [-0.3, -0.25) is 9.97 Å². The Morgan fingerprint density at radius 3 is 1.67 bits per heavy atom. The molecule has 0 saturated carbocycles. The normalized spacial score (nSPS) is 11.5. The second kappa shape index (κ2) is 10.6. The highest BCUT2D eigenvalue weighted by Crippen LogP contribution is 2.37. The van der Waals surface area contributed by atoms with Crippen LogP contribution in [0.2, 0.25) is 0 Å². The molecule has 46 heavy (non-hydrogen) atoms. The fourth-order valence-electron chi connectivity index (χ4n) is 6.14. The number of nitrogens with zero attached hydrogens (tertiary/aromatic N) is 6. The summed E-state index contributed by atoms with van der Waals surface area (Å²) >= 11 is 0. The molecule has 5 heterocycles. The van der Waals surface area contributed by atoms with E-state index in [9.17, 15) is 0 Å². The van der Waals surface area contributed by atoms with Crippen LogP contribution < -0.4 is 0 Å². The zero-order valence-electron chi connectivity index (χ0n) is 24.4. The Bertz CT molecular complexity index is 2500. The molecule has 216 valence electrons. The van der Waals surface area contributed by atoms with E-state index >= 15 is 0 Å². The van der Waals surface area contributed by atoms with Gasteiger partial charge in [0, 0.05) is 57.9 Å². The summed E-state index contributed by atoms with van der Waals surface area (Å²) in [5, 5.41) is 3.36. The van der Waals surface area contributed by atoms with E-state index in [4.69, 9.17) is 19.4 Å². The smallest absolute Gasteiger partial charge is 0.164 e. The maximum atomic E-state index is 5.95. The third-order valence-corrected chi connectivity index (χ3v) is 8.37. The van der Waals surface area contributed by atoms with Crippen molar-refractivity contribution in [2.45, 2.75) is 0 Å². The van der Waals surface area contributed by atoms with Crippen molar-refractivity contribution in [1.29, 1.82) is 0 Å². The van der Waals surface area contributed by atoms with Gasteiger partial charge in [-0.1, -0.05) is 42.5 Å². The van der Waals surface area contributed by atoms with Crippen LogP contribution in [0.15, 0.2) is 151 Å². The predicted octanol–water partition coefficient (Wildman–Crippen LogP) is 9.17. The van der Waals surface area contributed by atoms with Crippen LogP contribution in [0, 0.1) is 0 Å². The van der Waals surface area contributed by atoms with Gasteiger partial charge < -0.3 is 8.98 Å². The van der Waals surface area contributed by atoms with Crippen LogP contribution in [0.25, 0.3) is 83.8 Å². The first kappa shape index (κ1) is 26.0. The maximum Gasteiger partial charge on any atom is 0.164 e. The van der Waals surface area contributed by atoms with Gasteiger partial charge in [-0.05, 0) is 83.9 Å². The molecule has 9 rings (SSSR count). The molecule has 9 aromatic rings. The number of rotatable bonds is 5. The minimum atomic E-state index is 0.592. The van der Waals surface area contributed by atoms with E-state index in [0.717, 1.165) is 66.3 Å². The monoisotopic (exact) mass is 592 g/mol. The number of benzene rings is 4. The van der Waals surface area contributed by atoms with Gasteiger partial charge in [0.15, 0.2) is 17.5 Å². The first-order valence-corrected chi connectivity index (χ1v) is 15.0. The second-order valence-electron chi connectivity index (χ2n) is 11.1. The molecule has 7 heteroatoms. The number of hydrogen-bond donors (Lipinski definition) is 0. The zero-order valence-corrected chi connectivity index (χ0v) is 24.4. The van der Waals surface area contributed by atoms with Crippen molar-refractivity contribution in [1.82, 2.24) is 29.5 Å². The third-order valence-electron chi connectivity index (χ3n) is 8.37. The number of hydrogen-bond acceptors (Lipinski definition) is 6. The Hall–Kier alpha value is -6.47. The van der Waals surface area contributed by atoms with Gasteiger partial charge in [-0.15, -0.1) is 0 Å². The van der Waals surface area contributed by atoms with Gasteiger partial charge in [-0.25, -0.2) is 15.0 Å². The summed E-state index contributed by atoms with van der Waals surface area (Å²) in [7, 11) is 0. The SMILES string of the molecule is c1ccc2c(c1)c1c3occc3ccc1n2-c1ccc(-c2nc(-c3ccncc3)nc(-c3ccc(-c4ccncc4)cc3)n2)cc1. The molecule has 0 bridgehead atoms. The van der Waals surface area contributed by atoms with Crippen molar-refractivity contribution < 1.29 is 4.42 Å². The topological polar surface area (TPSA) is 82.5 Å².